The molecule has 2 N–H and O–H groups in total. The van der Waals surface area contributed by atoms with Crippen molar-refractivity contribution in [2.75, 3.05) is 0 Å². The summed E-state index contributed by atoms with van der Waals surface area (Å²) in [5.41, 5.74) is 5.70. The number of benzene rings is 1. The minimum Gasteiger partial charge on any atom is -0.481 e. The molecule has 0 spiro atoms. The van der Waals surface area contributed by atoms with Crippen molar-refractivity contribution in [1.82, 2.24) is 25.6 Å². The molecule has 2 amide bonds. The maximum absolute atomic E-state index is 13.0. The van der Waals surface area contributed by atoms with Crippen LogP contribution < -0.4 is 15.6 Å². The zero-order chi connectivity index (χ0) is 21.7. The van der Waals surface area contributed by atoms with Crippen LogP contribution in [0.4, 0.5) is 4.39 Å². The van der Waals surface area contributed by atoms with Crippen LogP contribution in [0.15, 0.2) is 54.9 Å². The Kier molecular flexibility index (Phi) is 6.41. The summed E-state index contributed by atoms with van der Waals surface area (Å²) in [6.07, 6.45) is 2.17. The van der Waals surface area contributed by atoms with Gasteiger partial charge in [0.2, 0.25) is 0 Å². The van der Waals surface area contributed by atoms with Crippen LogP contribution in [0.1, 0.15) is 42.7 Å². The number of pyridine rings is 1. The first kappa shape index (κ1) is 21.0. The fourth-order valence-electron chi connectivity index (χ4n) is 2.81. The Balaban J connectivity index is 1.66. The van der Waals surface area contributed by atoms with Gasteiger partial charge in [-0.15, -0.1) is 0 Å². The summed E-state index contributed by atoms with van der Waals surface area (Å²) >= 11 is 0. The van der Waals surface area contributed by atoms with Crippen molar-refractivity contribution in [3.63, 3.8) is 0 Å². The smallest absolute Gasteiger partial charge is 0.279 e. The van der Waals surface area contributed by atoms with Crippen molar-refractivity contribution >= 4 is 11.8 Å². The summed E-state index contributed by atoms with van der Waals surface area (Å²) in [6, 6.07) is 10.7. The van der Waals surface area contributed by atoms with E-state index >= 15 is 0 Å². The van der Waals surface area contributed by atoms with Crippen molar-refractivity contribution in [2.45, 2.75) is 32.8 Å². The lowest BCUT2D eigenvalue weighted by molar-refractivity contribution is -0.128. The second kappa shape index (κ2) is 9.17. The molecule has 0 radical (unpaired) electrons. The third-order valence-electron chi connectivity index (χ3n) is 4.26. The number of carbonyl (C=O) groups is 2. The highest BCUT2D eigenvalue weighted by Gasteiger charge is 2.22. The van der Waals surface area contributed by atoms with Gasteiger partial charge in [-0.2, -0.15) is 5.10 Å². The Morgan fingerprint density at radius 3 is 2.43 bits per heavy atom. The number of carbonyl (C=O) groups excluding carboxylic acids is 2. The fourth-order valence-corrected chi connectivity index (χ4v) is 2.81. The molecule has 3 rings (SSSR count). The van der Waals surface area contributed by atoms with Crippen molar-refractivity contribution < 1.29 is 18.7 Å². The lowest BCUT2D eigenvalue weighted by Crippen LogP contribution is -2.47. The van der Waals surface area contributed by atoms with Gasteiger partial charge in [0, 0.05) is 6.20 Å². The molecule has 0 aliphatic heterocycles. The number of ether oxygens (including phenoxy) is 1. The van der Waals surface area contributed by atoms with Crippen LogP contribution in [0.25, 0.3) is 5.82 Å². The number of nitrogens with one attached hydrogen (secondary N) is 2. The topological polar surface area (TPSA) is 98.1 Å². The average molecular weight is 411 g/mol. The van der Waals surface area contributed by atoms with Crippen molar-refractivity contribution in [1.29, 1.82) is 0 Å². The summed E-state index contributed by atoms with van der Waals surface area (Å²) in [5.74, 6) is -0.570. The second-order valence-electron chi connectivity index (χ2n) is 6.86. The van der Waals surface area contributed by atoms with Crippen LogP contribution in [0, 0.1) is 5.82 Å². The maximum Gasteiger partial charge on any atom is 0.279 e. The number of hydrazine groups is 1. The van der Waals surface area contributed by atoms with Gasteiger partial charge in [0.05, 0.1) is 17.5 Å². The molecular formula is C21H22FN5O3. The molecule has 1 aromatic carbocycles. The Labute approximate surface area is 173 Å². The molecule has 3 aromatic rings. The second-order valence-corrected chi connectivity index (χ2v) is 6.86. The van der Waals surface area contributed by atoms with E-state index in [0.717, 1.165) is 0 Å². The van der Waals surface area contributed by atoms with Crippen LogP contribution in [0.3, 0.4) is 0 Å². The van der Waals surface area contributed by atoms with Gasteiger partial charge in [0.15, 0.2) is 11.9 Å². The fraction of sp³-hybridized carbons (Fsp3) is 0.238. The number of hydrogen-bond acceptors (Lipinski definition) is 5. The Morgan fingerprint density at radius 1 is 1.07 bits per heavy atom. The number of aromatic nitrogens is 3. The van der Waals surface area contributed by atoms with Crippen LogP contribution >= 0.6 is 0 Å². The Morgan fingerprint density at radius 2 is 1.80 bits per heavy atom. The highest BCUT2D eigenvalue weighted by Crippen LogP contribution is 2.22. The van der Waals surface area contributed by atoms with E-state index in [0.29, 0.717) is 22.8 Å². The molecule has 0 bridgehead atoms. The van der Waals surface area contributed by atoms with Gasteiger partial charge in [-0.05, 0) is 49.2 Å². The van der Waals surface area contributed by atoms with E-state index in [-0.39, 0.29) is 5.92 Å². The zero-order valence-electron chi connectivity index (χ0n) is 16.8. The summed E-state index contributed by atoms with van der Waals surface area (Å²) in [4.78, 5) is 29.2. The molecule has 30 heavy (non-hydrogen) atoms. The number of hydrogen-bond donors (Lipinski definition) is 2. The molecule has 0 aliphatic rings. The first-order valence-electron chi connectivity index (χ1n) is 9.38. The molecule has 2 heterocycles. The minimum atomic E-state index is -0.906. The third kappa shape index (κ3) is 4.80. The number of amides is 2. The molecule has 9 heteroatoms. The predicted octanol–water partition coefficient (Wildman–Crippen LogP) is 2.76. The first-order valence-corrected chi connectivity index (χ1v) is 9.38. The summed E-state index contributed by atoms with van der Waals surface area (Å²) in [6.45, 7) is 5.39. The number of nitrogens with zero attached hydrogens (tertiary/aromatic N) is 3. The van der Waals surface area contributed by atoms with E-state index in [1.807, 2.05) is 19.9 Å². The normalized spacial score (nSPS) is 11.8. The van der Waals surface area contributed by atoms with E-state index in [2.05, 4.69) is 20.9 Å². The van der Waals surface area contributed by atoms with E-state index in [4.69, 9.17) is 4.74 Å². The van der Waals surface area contributed by atoms with E-state index in [9.17, 15) is 14.0 Å². The van der Waals surface area contributed by atoms with Gasteiger partial charge in [-0.3, -0.25) is 20.4 Å². The van der Waals surface area contributed by atoms with E-state index in [1.165, 1.54) is 37.4 Å². The highest BCUT2D eigenvalue weighted by molar-refractivity contribution is 5.96. The molecule has 2 aromatic heterocycles. The Hall–Kier alpha value is -3.75. The average Bonchev–Trinajstić information content (AvgIpc) is 3.19. The minimum absolute atomic E-state index is 0.0216. The lowest BCUT2D eigenvalue weighted by Gasteiger charge is -2.16. The molecule has 0 aliphatic carbocycles. The van der Waals surface area contributed by atoms with Crippen LogP contribution in [-0.2, 0) is 4.79 Å². The van der Waals surface area contributed by atoms with Gasteiger partial charge < -0.3 is 4.74 Å². The predicted molar refractivity (Wildman–Crippen MR) is 108 cm³/mol. The van der Waals surface area contributed by atoms with Gasteiger partial charge in [0.25, 0.3) is 11.8 Å². The van der Waals surface area contributed by atoms with Crippen molar-refractivity contribution in [2.24, 2.45) is 0 Å². The molecule has 0 fully saturated rings. The summed E-state index contributed by atoms with van der Waals surface area (Å²) in [5, 5.41) is 4.28. The van der Waals surface area contributed by atoms with Gasteiger partial charge in [-0.25, -0.2) is 14.1 Å². The van der Waals surface area contributed by atoms with Gasteiger partial charge in [-0.1, -0.05) is 19.9 Å². The van der Waals surface area contributed by atoms with Crippen LogP contribution in [0.2, 0.25) is 0 Å². The van der Waals surface area contributed by atoms with E-state index < -0.39 is 23.7 Å². The quantitative estimate of drug-likeness (QED) is 0.608. The monoisotopic (exact) mass is 411 g/mol. The molecule has 1 unspecified atom stereocenters. The molecule has 156 valence electrons. The third-order valence-corrected chi connectivity index (χ3v) is 4.26. The summed E-state index contributed by atoms with van der Waals surface area (Å²) in [7, 11) is 0. The largest absolute Gasteiger partial charge is 0.481 e. The van der Waals surface area contributed by atoms with Crippen molar-refractivity contribution in [3.05, 3.63) is 71.9 Å². The first-order chi connectivity index (χ1) is 14.4. The molecule has 1 atom stereocenters. The standard InChI is InChI=1S/C21H22FN5O3/c1-13(2)19-17(12-24-27(19)18-6-4-5-11-23-18)21(29)26-25-20(28)14(3)30-16-9-7-15(22)8-10-16/h4-14H,1-3H3,(H,25,28)(H,26,29). The van der Waals surface area contributed by atoms with Crippen molar-refractivity contribution in [3.8, 4) is 11.6 Å². The molecular weight excluding hydrogens is 389 g/mol. The molecule has 0 saturated heterocycles. The van der Waals surface area contributed by atoms with Gasteiger partial charge in [0.1, 0.15) is 11.6 Å². The number of rotatable bonds is 6. The van der Waals surface area contributed by atoms with Crippen LogP contribution in [-0.4, -0.2) is 32.7 Å². The van der Waals surface area contributed by atoms with E-state index in [1.54, 1.807) is 23.0 Å². The SMILES string of the molecule is CC(Oc1ccc(F)cc1)C(=O)NNC(=O)c1cnn(-c2ccccn2)c1C(C)C. The van der Waals surface area contributed by atoms with Gasteiger partial charge >= 0.3 is 0 Å². The zero-order valence-corrected chi connectivity index (χ0v) is 16.8. The highest BCUT2D eigenvalue weighted by atomic mass is 19.1. The number of halogens is 1. The Bertz CT molecular complexity index is 1020. The maximum atomic E-state index is 13.0. The lowest BCUT2D eigenvalue weighted by atomic mass is 10.1. The van der Waals surface area contributed by atoms with Crippen LogP contribution in [0.5, 0.6) is 5.75 Å². The molecule has 8 nitrogen and oxygen atoms in total. The molecule has 0 saturated carbocycles. The summed E-state index contributed by atoms with van der Waals surface area (Å²) < 4.78 is 20.0.